The van der Waals surface area contributed by atoms with Crippen molar-refractivity contribution in [3.63, 3.8) is 0 Å². The molecule has 0 radical (unpaired) electrons. The van der Waals surface area contributed by atoms with Crippen molar-refractivity contribution >= 4 is 10.0 Å². The largest absolute Gasteiger partial charge is 0.380 e. The Morgan fingerprint density at radius 3 is 2.86 bits per heavy atom. The Balaban J connectivity index is 1.59. The highest BCUT2D eigenvalue weighted by Crippen LogP contribution is 2.40. The maximum absolute atomic E-state index is 11.4. The molecule has 0 saturated carbocycles. The zero-order chi connectivity index (χ0) is 15.6. The van der Waals surface area contributed by atoms with E-state index in [-0.39, 0.29) is 5.41 Å². The van der Waals surface area contributed by atoms with Gasteiger partial charge in [-0.2, -0.15) is 0 Å². The number of fused-ring (bicyclic) bond motifs is 1. The van der Waals surface area contributed by atoms with Crippen molar-refractivity contribution in [2.45, 2.75) is 6.42 Å². The van der Waals surface area contributed by atoms with Crippen LogP contribution in [-0.2, 0) is 21.2 Å². The molecule has 2 aliphatic rings. The second-order valence-corrected chi connectivity index (χ2v) is 8.47. The molecule has 2 fully saturated rings. The van der Waals surface area contributed by atoms with Crippen LogP contribution in [0.5, 0.6) is 0 Å². The zero-order valence-electron chi connectivity index (χ0n) is 13.0. The summed E-state index contributed by atoms with van der Waals surface area (Å²) in [5, 5.41) is 0. The number of ether oxygens (including phenoxy) is 1. The van der Waals surface area contributed by atoms with Gasteiger partial charge in [0.25, 0.3) is 0 Å². The third-order valence-corrected chi connectivity index (χ3v) is 5.51. The van der Waals surface area contributed by atoms with E-state index in [1.54, 1.807) is 0 Å². The molecule has 5 nitrogen and oxygen atoms in total. The van der Waals surface area contributed by atoms with E-state index in [4.69, 9.17) is 4.74 Å². The molecule has 2 aliphatic heterocycles. The summed E-state index contributed by atoms with van der Waals surface area (Å²) in [4.78, 5) is 2.45. The molecule has 6 heteroatoms. The van der Waals surface area contributed by atoms with Crippen LogP contribution in [0.1, 0.15) is 5.56 Å². The minimum Gasteiger partial charge on any atom is -0.380 e. The van der Waals surface area contributed by atoms with Crippen LogP contribution in [0.15, 0.2) is 30.3 Å². The number of nitrogens with zero attached hydrogens (tertiary/aromatic N) is 1. The summed E-state index contributed by atoms with van der Waals surface area (Å²) < 4.78 is 31.1. The van der Waals surface area contributed by atoms with Crippen LogP contribution >= 0.6 is 0 Å². The van der Waals surface area contributed by atoms with Crippen molar-refractivity contribution in [3.8, 4) is 0 Å². The Bertz CT molecular complexity index is 605. The van der Waals surface area contributed by atoms with Gasteiger partial charge in [-0.25, -0.2) is 13.1 Å². The number of hydrogen-bond donors (Lipinski definition) is 1. The van der Waals surface area contributed by atoms with Crippen LogP contribution in [0.25, 0.3) is 0 Å². The van der Waals surface area contributed by atoms with E-state index in [0.717, 1.165) is 32.7 Å². The van der Waals surface area contributed by atoms with Gasteiger partial charge in [0.1, 0.15) is 0 Å². The van der Waals surface area contributed by atoms with E-state index in [9.17, 15) is 8.42 Å². The highest BCUT2D eigenvalue weighted by atomic mass is 32.2. The Labute approximate surface area is 132 Å². The molecule has 0 unspecified atom stereocenters. The van der Waals surface area contributed by atoms with E-state index >= 15 is 0 Å². The third-order valence-electron chi connectivity index (χ3n) is 4.84. The predicted molar refractivity (Wildman–Crippen MR) is 86.2 cm³/mol. The minimum absolute atomic E-state index is 0.0558. The molecule has 0 bridgehead atoms. The molecular formula is C16H24N2O3S. The number of likely N-dealkylation sites (tertiary alicyclic amines) is 1. The van der Waals surface area contributed by atoms with Crippen molar-refractivity contribution in [1.29, 1.82) is 0 Å². The molecule has 2 heterocycles. The fourth-order valence-corrected chi connectivity index (χ4v) is 4.12. The van der Waals surface area contributed by atoms with Crippen molar-refractivity contribution < 1.29 is 13.2 Å². The fourth-order valence-electron chi connectivity index (χ4n) is 3.57. The van der Waals surface area contributed by atoms with Crippen LogP contribution in [0, 0.1) is 11.3 Å². The molecule has 2 atom stereocenters. The van der Waals surface area contributed by atoms with Crippen LogP contribution in [0.4, 0.5) is 0 Å². The molecule has 122 valence electrons. The second kappa shape index (κ2) is 6.28. The summed E-state index contributed by atoms with van der Waals surface area (Å²) in [7, 11) is -3.15. The summed E-state index contributed by atoms with van der Waals surface area (Å²) in [5.41, 5.74) is 1.29. The van der Waals surface area contributed by atoms with Crippen LogP contribution in [0.3, 0.4) is 0 Å². The first-order chi connectivity index (χ1) is 10.5. The molecule has 0 aliphatic carbocycles. The lowest BCUT2D eigenvalue weighted by atomic mass is 9.81. The lowest BCUT2D eigenvalue weighted by Gasteiger charge is -2.27. The van der Waals surface area contributed by atoms with Gasteiger partial charge in [-0.3, -0.25) is 0 Å². The van der Waals surface area contributed by atoms with Crippen LogP contribution < -0.4 is 4.72 Å². The first-order valence-electron chi connectivity index (χ1n) is 7.76. The number of nitrogens with one attached hydrogen (secondary N) is 1. The molecule has 1 N–H and O–H groups in total. The number of benzene rings is 1. The van der Waals surface area contributed by atoms with Gasteiger partial charge in [0.05, 0.1) is 19.5 Å². The topological polar surface area (TPSA) is 58.6 Å². The maximum Gasteiger partial charge on any atom is 0.208 e. The number of rotatable bonds is 6. The van der Waals surface area contributed by atoms with Gasteiger partial charge in [0, 0.05) is 37.5 Å². The quantitative estimate of drug-likeness (QED) is 0.838. The average molecular weight is 324 g/mol. The molecule has 22 heavy (non-hydrogen) atoms. The SMILES string of the molecule is CS(=O)(=O)NC[C@]12COC[C@H]1CN(CCc1ccccc1)C2. The van der Waals surface area contributed by atoms with Gasteiger partial charge in [0.15, 0.2) is 0 Å². The summed E-state index contributed by atoms with van der Waals surface area (Å²) in [6, 6.07) is 10.5. The van der Waals surface area contributed by atoms with Gasteiger partial charge >= 0.3 is 0 Å². The van der Waals surface area contributed by atoms with E-state index in [2.05, 4.69) is 33.9 Å². The third kappa shape index (κ3) is 3.68. The Hall–Kier alpha value is -0.950. The van der Waals surface area contributed by atoms with Gasteiger partial charge in [-0.1, -0.05) is 30.3 Å². The summed E-state index contributed by atoms with van der Waals surface area (Å²) in [6.07, 6.45) is 2.25. The van der Waals surface area contributed by atoms with E-state index in [1.165, 1.54) is 11.8 Å². The normalized spacial score (nSPS) is 28.9. The van der Waals surface area contributed by atoms with Crippen molar-refractivity contribution in [3.05, 3.63) is 35.9 Å². The lowest BCUT2D eigenvalue weighted by molar-refractivity contribution is 0.130. The van der Waals surface area contributed by atoms with Crippen molar-refractivity contribution in [2.24, 2.45) is 11.3 Å². The lowest BCUT2D eigenvalue weighted by Crippen LogP contribution is -2.42. The second-order valence-electron chi connectivity index (χ2n) is 6.64. The monoisotopic (exact) mass is 324 g/mol. The van der Waals surface area contributed by atoms with Gasteiger partial charge in [0.2, 0.25) is 10.0 Å². The first kappa shape index (κ1) is 15.9. The summed E-state index contributed by atoms with van der Waals surface area (Å²) >= 11 is 0. The van der Waals surface area contributed by atoms with Crippen LogP contribution in [-0.4, -0.2) is 59.0 Å². The van der Waals surface area contributed by atoms with Gasteiger partial charge in [-0.15, -0.1) is 0 Å². The molecule has 3 rings (SSSR count). The zero-order valence-corrected chi connectivity index (χ0v) is 13.8. The highest BCUT2D eigenvalue weighted by Gasteiger charge is 2.50. The van der Waals surface area contributed by atoms with Gasteiger partial charge < -0.3 is 9.64 Å². The maximum atomic E-state index is 11.4. The Morgan fingerprint density at radius 2 is 2.14 bits per heavy atom. The molecular weight excluding hydrogens is 300 g/mol. The standard InChI is InChI=1S/C16H24N2O3S/c1-22(19,20)17-11-16-12-18(9-15(16)10-21-13-16)8-7-14-5-3-2-4-6-14/h2-6,15,17H,7-13H2,1H3/t15-,16+/m1/s1. The minimum atomic E-state index is -3.15. The Morgan fingerprint density at radius 1 is 1.36 bits per heavy atom. The molecule has 0 aromatic heterocycles. The van der Waals surface area contributed by atoms with Crippen molar-refractivity contribution in [1.82, 2.24) is 9.62 Å². The molecule has 1 aromatic rings. The smallest absolute Gasteiger partial charge is 0.208 e. The summed E-state index contributed by atoms with van der Waals surface area (Å²) in [5.74, 6) is 0.428. The fraction of sp³-hybridized carbons (Fsp3) is 0.625. The summed E-state index contributed by atoms with van der Waals surface area (Å²) in [6.45, 7) is 4.81. The molecule has 0 spiro atoms. The van der Waals surface area contributed by atoms with E-state index in [0.29, 0.717) is 19.1 Å². The van der Waals surface area contributed by atoms with Crippen LogP contribution in [0.2, 0.25) is 0 Å². The first-order valence-corrected chi connectivity index (χ1v) is 9.65. The van der Waals surface area contributed by atoms with Gasteiger partial charge in [-0.05, 0) is 12.0 Å². The highest BCUT2D eigenvalue weighted by molar-refractivity contribution is 7.88. The molecule has 0 amide bonds. The molecule has 1 aromatic carbocycles. The average Bonchev–Trinajstić information content (AvgIpc) is 3.00. The van der Waals surface area contributed by atoms with E-state index in [1.807, 2.05) is 6.07 Å². The predicted octanol–water partition coefficient (Wildman–Crippen LogP) is 0.727. The van der Waals surface area contributed by atoms with E-state index < -0.39 is 10.0 Å². The number of hydrogen-bond acceptors (Lipinski definition) is 4. The van der Waals surface area contributed by atoms with Crippen molar-refractivity contribution in [2.75, 3.05) is 45.6 Å². The molecule has 2 saturated heterocycles. The number of sulfonamides is 1. The Kier molecular flexibility index (Phi) is 4.54.